The van der Waals surface area contributed by atoms with Crippen LogP contribution in [0.3, 0.4) is 0 Å². The molecule has 1 fully saturated rings. The first-order valence-electron chi connectivity index (χ1n) is 10.5. The fourth-order valence-corrected chi connectivity index (χ4v) is 3.61. The van der Waals surface area contributed by atoms with Gasteiger partial charge in [0, 0.05) is 24.7 Å². The molecule has 4 rings (SSSR count). The summed E-state index contributed by atoms with van der Waals surface area (Å²) in [5.74, 6) is 0.669. The average Bonchev–Trinajstić information content (AvgIpc) is 2.79. The third kappa shape index (κ3) is 5.56. The SMILES string of the molecule is CN1CCC(Oc2cc(-c3ccc(OCc4ccccc4)cc3)c(C(F)(F)F)nn2)CC1. The molecule has 0 bridgehead atoms. The number of aromatic nitrogens is 2. The molecule has 1 aliphatic rings. The maximum absolute atomic E-state index is 13.6. The summed E-state index contributed by atoms with van der Waals surface area (Å²) in [4.78, 5) is 2.19. The third-order valence-electron chi connectivity index (χ3n) is 5.41. The number of halogens is 3. The van der Waals surface area contributed by atoms with Gasteiger partial charge in [0.25, 0.3) is 0 Å². The summed E-state index contributed by atoms with van der Waals surface area (Å²) in [7, 11) is 2.03. The molecule has 1 saturated heterocycles. The van der Waals surface area contributed by atoms with E-state index in [4.69, 9.17) is 9.47 Å². The van der Waals surface area contributed by atoms with Crippen LogP contribution in [0.2, 0.25) is 0 Å². The largest absolute Gasteiger partial charge is 0.489 e. The molecular weight excluding hydrogens is 419 g/mol. The average molecular weight is 443 g/mol. The van der Waals surface area contributed by atoms with Crippen LogP contribution in [-0.4, -0.2) is 41.3 Å². The van der Waals surface area contributed by atoms with Crippen molar-refractivity contribution in [3.63, 3.8) is 0 Å². The molecule has 0 spiro atoms. The van der Waals surface area contributed by atoms with E-state index < -0.39 is 11.9 Å². The van der Waals surface area contributed by atoms with Gasteiger partial charge in [-0.15, -0.1) is 10.2 Å². The summed E-state index contributed by atoms with van der Waals surface area (Å²) in [5.41, 5.74) is 0.272. The first-order valence-corrected chi connectivity index (χ1v) is 10.5. The van der Waals surface area contributed by atoms with Crippen LogP contribution in [0.25, 0.3) is 11.1 Å². The highest BCUT2D eigenvalue weighted by Gasteiger charge is 2.37. The van der Waals surface area contributed by atoms with E-state index in [0.29, 0.717) is 17.9 Å². The van der Waals surface area contributed by atoms with E-state index in [1.54, 1.807) is 24.3 Å². The molecule has 3 aromatic rings. The number of hydrogen-bond donors (Lipinski definition) is 0. The summed E-state index contributed by atoms with van der Waals surface area (Å²) in [6, 6.07) is 17.4. The molecule has 0 N–H and O–H groups in total. The molecule has 0 radical (unpaired) electrons. The minimum atomic E-state index is -4.63. The van der Waals surface area contributed by atoms with Crippen molar-refractivity contribution >= 4 is 0 Å². The van der Waals surface area contributed by atoms with Gasteiger partial charge in [0.05, 0.1) is 0 Å². The number of piperidine rings is 1. The van der Waals surface area contributed by atoms with Crippen LogP contribution in [0.15, 0.2) is 60.7 Å². The Kier molecular flexibility index (Phi) is 6.60. The quantitative estimate of drug-likeness (QED) is 0.523. The Morgan fingerprint density at radius 3 is 2.31 bits per heavy atom. The molecule has 32 heavy (non-hydrogen) atoms. The van der Waals surface area contributed by atoms with E-state index in [9.17, 15) is 13.2 Å². The number of alkyl halides is 3. The fraction of sp³-hybridized carbons (Fsp3) is 0.333. The molecule has 0 saturated carbocycles. The Morgan fingerprint density at radius 1 is 0.969 bits per heavy atom. The van der Waals surface area contributed by atoms with Gasteiger partial charge in [-0.25, -0.2) is 0 Å². The van der Waals surface area contributed by atoms with E-state index in [1.165, 1.54) is 6.07 Å². The predicted octanol–water partition coefficient (Wildman–Crippen LogP) is 5.21. The van der Waals surface area contributed by atoms with Crippen molar-refractivity contribution in [2.75, 3.05) is 20.1 Å². The summed E-state index contributed by atoms with van der Waals surface area (Å²) < 4.78 is 52.3. The Hall–Kier alpha value is -3.13. The lowest BCUT2D eigenvalue weighted by molar-refractivity contribution is -0.141. The Morgan fingerprint density at radius 2 is 1.66 bits per heavy atom. The minimum absolute atomic E-state index is 0.0648. The van der Waals surface area contributed by atoms with Gasteiger partial charge >= 0.3 is 6.18 Å². The highest BCUT2D eigenvalue weighted by atomic mass is 19.4. The molecule has 1 aliphatic heterocycles. The van der Waals surface area contributed by atoms with Crippen molar-refractivity contribution in [2.45, 2.75) is 31.7 Å². The maximum atomic E-state index is 13.6. The molecule has 0 atom stereocenters. The molecule has 2 heterocycles. The standard InChI is InChI=1S/C24H24F3N3O2/c1-30-13-11-20(12-14-30)32-22-15-21(23(29-28-22)24(25,26)27)18-7-9-19(10-8-18)31-16-17-5-3-2-4-6-17/h2-10,15,20H,11-14,16H2,1H3. The lowest BCUT2D eigenvalue weighted by Crippen LogP contribution is -2.35. The highest BCUT2D eigenvalue weighted by Crippen LogP contribution is 2.37. The van der Waals surface area contributed by atoms with Crippen LogP contribution in [0, 0.1) is 0 Å². The first kappa shape index (κ1) is 22.1. The summed E-state index contributed by atoms with van der Waals surface area (Å²) in [5, 5.41) is 7.16. The molecular formula is C24H24F3N3O2. The van der Waals surface area contributed by atoms with Crippen LogP contribution in [0.1, 0.15) is 24.1 Å². The number of rotatable bonds is 6. The van der Waals surface area contributed by atoms with Gasteiger partial charge in [0.1, 0.15) is 18.5 Å². The van der Waals surface area contributed by atoms with E-state index >= 15 is 0 Å². The maximum Gasteiger partial charge on any atom is 0.435 e. The van der Waals surface area contributed by atoms with Crippen molar-refractivity contribution in [3.8, 4) is 22.8 Å². The van der Waals surface area contributed by atoms with Gasteiger partial charge in [-0.3, -0.25) is 0 Å². The second-order valence-electron chi connectivity index (χ2n) is 7.86. The minimum Gasteiger partial charge on any atom is -0.489 e. The zero-order valence-electron chi connectivity index (χ0n) is 17.7. The van der Waals surface area contributed by atoms with Crippen molar-refractivity contribution in [2.24, 2.45) is 0 Å². The van der Waals surface area contributed by atoms with Crippen LogP contribution < -0.4 is 9.47 Å². The van der Waals surface area contributed by atoms with Crippen molar-refractivity contribution < 1.29 is 22.6 Å². The van der Waals surface area contributed by atoms with Crippen LogP contribution in [0.4, 0.5) is 13.2 Å². The van der Waals surface area contributed by atoms with Gasteiger partial charge in [-0.1, -0.05) is 42.5 Å². The first-order chi connectivity index (χ1) is 15.4. The second kappa shape index (κ2) is 9.56. The summed E-state index contributed by atoms with van der Waals surface area (Å²) in [6.45, 7) is 2.12. The number of likely N-dealkylation sites (tertiary alicyclic amines) is 1. The summed E-state index contributed by atoms with van der Waals surface area (Å²) in [6.07, 6.45) is -3.13. The van der Waals surface area contributed by atoms with Crippen LogP contribution in [0.5, 0.6) is 11.6 Å². The van der Waals surface area contributed by atoms with Gasteiger partial charge in [0.2, 0.25) is 5.88 Å². The number of hydrogen-bond acceptors (Lipinski definition) is 5. The van der Waals surface area contributed by atoms with Crippen molar-refractivity contribution in [1.29, 1.82) is 0 Å². The van der Waals surface area contributed by atoms with Crippen LogP contribution in [-0.2, 0) is 12.8 Å². The van der Waals surface area contributed by atoms with Gasteiger partial charge < -0.3 is 14.4 Å². The number of ether oxygens (including phenoxy) is 2. The smallest absolute Gasteiger partial charge is 0.435 e. The zero-order chi connectivity index (χ0) is 22.6. The van der Waals surface area contributed by atoms with Gasteiger partial charge in [0.15, 0.2) is 5.69 Å². The molecule has 0 aliphatic carbocycles. The number of nitrogens with zero attached hydrogens (tertiary/aromatic N) is 3. The third-order valence-corrected chi connectivity index (χ3v) is 5.41. The molecule has 2 aromatic carbocycles. The van der Waals surface area contributed by atoms with E-state index in [-0.39, 0.29) is 17.5 Å². The lowest BCUT2D eigenvalue weighted by atomic mass is 10.0. The predicted molar refractivity (Wildman–Crippen MR) is 114 cm³/mol. The van der Waals surface area contributed by atoms with Crippen molar-refractivity contribution in [3.05, 3.63) is 71.9 Å². The molecule has 8 heteroatoms. The highest BCUT2D eigenvalue weighted by molar-refractivity contribution is 5.68. The Labute approximate surface area is 184 Å². The number of benzene rings is 2. The molecule has 1 aromatic heterocycles. The Bertz CT molecular complexity index is 1020. The second-order valence-corrected chi connectivity index (χ2v) is 7.86. The van der Waals surface area contributed by atoms with Crippen molar-refractivity contribution in [1.82, 2.24) is 15.1 Å². The molecule has 0 amide bonds. The normalized spacial score (nSPS) is 15.5. The molecule has 0 unspecified atom stereocenters. The van der Waals surface area contributed by atoms with Gasteiger partial charge in [-0.2, -0.15) is 13.2 Å². The van der Waals surface area contributed by atoms with Crippen LogP contribution >= 0.6 is 0 Å². The monoisotopic (exact) mass is 443 g/mol. The zero-order valence-corrected chi connectivity index (χ0v) is 17.7. The lowest BCUT2D eigenvalue weighted by Gasteiger charge is -2.29. The van der Waals surface area contributed by atoms with E-state index in [2.05, 4.69) is 15.1 Å². The molecule has 168 valence electrons. The van der Waals surface area contributed by atoms with Gasteiger partial charge in [-0.05, 0) is 43.1 Å². The fourth-order valence-electron chi connectivity index (χ4n) is 3.61. The Balaban J connectivity index is 1.53. The topological polar surface area (TPSA) is 47.5 Å². The molecule has 5 nitrogen and oxygen atoms in total. The summed E-state index contributed by atoms with van der Waals surface area (Å²) >= 11 is 0. The van der Waals surface area contributed by atoms with E-state index in [1.807, 2.05) is 37.4 Å². The van der Waals surface area contributed by atoms with E-state index in [0.717, 1.165) is 31.5 Å².